The van der Waals surface area contributed by atoms with E-state index in [9.17, 15) is 4.79 Å². The Morgan fingerprint density at radius 2 is 1.88 bits per heavy atom. The largest absolute Gasteiger partial charge is 0.396 e. The van der Waals surface area contributed by atoms with Gasteiger partial charge >= 0.3 is 0 Å². The number of aldehydes is 1. The van der Waals surface area contributed by atoms with Crippen LogP contribution in [-0.2, 0) is 6.42 Å². The summed E-state index contributed by atoms with van der Waals surface area (Å²) in [5.41, 5.74) is 4.52. The predicted molar refractivity (Wildman–Crippen MR) is 99.9 cm³/mol. The van der Waals surface area contributed by atoms with E-state index in [1.807, 2.05) is 31.2 Å². The van der Waals surface area contributed by atoms with Gasteiger partial charge in [-0.2, -0.15) is 5.10 Å². The highest BCUT2D eigenvalue weighted by Gasteiger charge is 2.18. The van der Waals surface area contributed by atoms with Gasteiger partial charge in [0.05, 0.1) is 16.4 Å². The molecule has 0 aliphatic rings. The zero-order valence-corrected chi connectivity index (χ0v) is 15.1. The van der Waals surface area contributed by atoms with Crippen LogP contribution in [0.25, 0.3) is 16.9 Å². The van der Waals surface area contributed by atoms with Crippen LogP contribution in [0.1, 0.15) is 21.6 Å². The predicted octanol–water partition coefficient (Wildman–Crippen LogP) is 4.50. The summed E-state index contributed by atoms with van der Waals surface area (Å²) < 4.78 is 1.67. The molecule has 0 unspecified atom stereocenters. The molecule has 25 heavy (non-hydrogen) atoms. The highest BCUT2D eigenvalue weighted by Crippen LogP contribution is 2.32. The number of benzene rings is 2. The molecule has 128 valence electrons. The van der Waals surface area contributed by atoms with Crippen molar-refractivity contribution in [1.29, 1.82) is 0 Å². The Kier molecular flexibility index (Phi) is 5.23. The van der Waals surface area contributed by atoms with Crippen LogP contribution < -0.4 is 0 Å². The standard InChI is InChI=1S/C19H16Cl2N2O2/c1-12-17(11-25)22-23(18-7-6-15(20)10-16(18)21)19(12)14-4-2-13(3-5-14)8-9-24/h2-7,10-11,24H,8-9H2,1H3. The molecular formula is C19H16Cl2N2O2. The van der Waals surface area contributed by atoms with E-state index < -0.39 is 0 Å². The van der Waals surface area contributed by atoms with Crippen molar-refractivity contribution in [2.75, 3.05) is 6.61 Å². The van der Waals surface area contributed by atoms with E-state index >= 15 is 0 Å². The lowest BCUT2D eigenvalue weighted by Gasteiger charge is -2.11. The summed E-state index contributed by atoms with van der Waals surface area (Å²) in [7, 11) is 0. The number of nitrogens with zero attached hydrogens (tertiary/aromatic N) is 2. The highest BCUT2D eigenvalue weighted by molar-refractivity contribution is 6.35. The van der Waals surface area contributed by atoms with Gasteiger partial charge < -0.3 is 5.11 Å². The first kappa shape index (κ1) is 17.7. The Morgan fingerprint density at radius 1 is 1.16 bits per heavy atom. The van der Waals surface area contributed by atoms with Crippen molar-refractivity contribution in [1.82, 2.24) is 9.78 Å². The second-order valence-corrected chi connectivity index (χ2v) is 6.50. The van der Waals surface area contributed by atoms with Crippen molar-refractivity contribution in [3.63, 3.8) is 0 Å². The van der Waals surface area contributed by atoms with Crippen LogP contribution in [0.2, 0.25) is 10.0 Å². The lowest BCUT2D eigenvalue weighted by Crippen LogP contribution is -2.01. The Bertz CT molecular complexity index is 918. The zero-order valence-electron chi connectivity index (χ0n) is 13.5. The van der Waals surface area contributed by atoms with Crippen LogP contribution in [0, 0.1) is 6.92 Å². The SMILES string of the molecule is Cc1c(C=O)nn(-c2ccc(Cl)cc2Cl)c1-c1ccc(CCO)cc1. The zero-order chi connectivity index (χ0) is 18.0. The number of aliphatic hydroxyl groups is 1. The van der Waals surface area contributed by atoms with Gasteiger partial charge in [0.15, 0.2) is 6.29 Å². The molecule has 6 heteroatoms. The number of carbonyl (C=O) groups excluding carboxylic acids is 1. The maximum absolute atomic E-state index is 11.4. The molecule has 0 saturated carbocycles. The third-order valence-corrected chi connectivity index (χ3v) is 4.57. The minimum absolute atomic E-state index is 0.103. The summed E-state index contributed by atoms with van der Waals surface area (Å²) in [6.07, 6.45) is 1.33. The van der Waals surface area contributed by atoms with Crippen molar-refractivity contribution in [3.8, 4) is 16.9 Å². The third-order valence-electron chi connectivity index (χ3n) is 4.04. The summed E-state index contributed by atoms with van der Waals surface area (Å²) in [6.45, 7) is 1.96. The smallest absolute Gasteiger partial charge is 0.170 e. The summed E-state index contributed by atoms with van der Waals surface area (Å²) in [6, 6.07) is 12.9. The van der Waals surface area contributed by atoms with Crippen LogP contribution in [0.4, 0.5) is 0 Å². The van der Waals surface area contributed by atoms with Gasteiger partial charge in [0.2, 0.25) is 0 Å². The van der Waals surface area contributed by atoms with Crippen LogP contribution in [0.5, 0.6) is 0 Å². The number of halogens is 2. The molecule has 2 aromatic carbocycles. The summed E-state index contributed by atoms with van der Waals surface area (Å²) >= 11 is 12.3. The van der Waals surface area contributed by atoms with Crippen molar-refractivity contribution >= 4 is 29.5 Å². The molecular weight excluding hydrogens is 359 g/mol. The quantitative estimate of drug-likeness (QED) is 0.668. The molecule has 0 aliphatic carbocycles. The topological polar surface area (TPSA) is 55.1 Å². The average Bonchev–Trinajstić information content (AvgIpc) is 2.92. The van der Waals surface area contributed by atoms with Gasteiger partial charge in [0.25, 0.3) is 0 Å². The molecule has 3 rings (SSSR count). The van der Waals surface area contributed by atoms with Gasteiger partial charge in [-0.15, -0.1) is 0 Å². The molecule has 0 bridgehead atoms. The fraction of sp³-hybridized carbons (Fsp3) is 0.158. The van der Waals surface area contributed by atoms with E-state index in [0.717, 1.165) is 28.7 Å². The Balaban J connectivity index is 2.18. The van der Waals surface area contributed by atoms with Crippen LogP contribution in [0.3, 0.4) is 0 Å². The molecule has 0 atom stereocenters. The molecule has 1 aromatic heterocycles. The van der Waals surface area contributed by atoms with E-state index in [2.05, 4.69) is 5.10 Å². The molecule has 0 aliphatic heterocycles. The first-order valence-electron chi connectivity index (χ1n) is 7.75. The number of carbonyl (C=O) groups is 1. The summed E-state index contributed by atoms with van der Waals surface area (Å²) in [5, 5.41) is 14.4. The molecule has 0 spiro atoms. The van der Waals surface area contributed by atoms with Crippen LogP contribution in [0.15, 0.2) is 42.5 Å². The lowest BCUT2D eigenvalue weighted by atomic mass is 10.0. The minimum atomic E-state index is 0.103. The second kappa shape index (κ2) is 7.40. The van der Waals surface area contributed by atoms with Gasteiger partial charge in [0, 0.05) is 22.8 Å². The van der Waals surface area contributed by atoms with Crippen molar-refractivity contribution in [3.05, 3.63) is 69.3 Å². The van der Waals surface area contributed by atoms with Gasteiger partial charge in [-0.1, -0.05) is 47.5 Å². The van der Waals surface area contributed by atoms with Crippen molar-refractivity contribution in [2.24, 2.45) is 0 Å². The number of hydrogen-bond donors (Lipinski definition) is 1. The first-order chi connectivity index (χ1) is 12.0. The molecule has 4 nitrogen and oxygen atoms in total. The van der Waals surface area contributed by atoms with Crippen molar-refractivity contribution in [2.45, 2.75) is 13.3 Å². The van der Waals surface area contributed by atoms with E-state index in [0.29, 0.717) is 27.8 Å². The van der Waals surface area contributed by atoms with Gasteiger partial charge in [-0.3, -0.25) is 4.79 Å². The molecule has 0 amide bonds. The monoisotopic (exact) mass is 374 g/mol. The number of rotatable bonds is 5. The number of aromatic nitrogens is 2. The fourth-order valence-electron chi connectivity index (χ4n) is 2.75. The third kappa shape index (κ3) is 3.47. The Labute approximate surface area is 155 Å². The molecule has 1 N–H and O–H groups in total. The summed E-state index contributed by atoms with van der Waals surface area (Å²) in [5.74, 6) is 0. The maximum Gasteiger partial charge on any atom is 0.170 e. The number of hydrogen-bond acceptors (Lipinski definition) is 3. The second-order valence-electron chi connectivity index (χ2n) is 5.65. The molecule has 3 aromatic rings. The van der Waals surface area contributed by atoms with Gasteiger partial charge in [-0.05, 0) is 37.1 Å². The van der Waals surface area contributed by atoms with E-state index in [1.54, 1.807) is 22.9 Å². The first-order valence-corrected chi connectivity index (χ1v) is 8.51. The fourth-order valence-corrected chi connectivity index (χ4v) is 3.24. The van der Waals surface area contributed by atoms with Crippen LogP contribution in [-0.4, -0.2) is 27.8 Å². The van der Waals surface area contributed by atoms with E-state index in [1.165, 1.54) is 0 Å². The number of aliphatic hydroxyl groups excluding tert-OH is 1. The molecule has 1 heterocycles. The van der Waals surface area contributed by atoms with Crippen LogP contribution >= 0.6 is 23.2 Å². The average molecular weight is 375 g/mol. The molecule has 0 fully saturated rings. The minimum Gasteiger partial charge on any atom is -0.396 e. The summed E-state index contributed by atoms with van der Waals surface area (Å²) in [4.78, 5) is 11.4. The van der Waals surface area contributed by atoms with Gasteiger partial charge in [0.1, 0.15) is 5.69 Å². The normalized spacial score (nSPS) is 10.9. The van der Waals surface area contributed by atoms with E-state index in [-0.39, 0.29) is 6.61 Å². The van der Waals surface area contributed by atoms with Gasteiger partial charge in [-0.25, -0.2) is 4.68 Å². The Morgan fingerprint density at radius 3 is 2.48 bits per heavy atom. The molecule has 0 radical (unpaired) electrons. The molecule has 0 saturated heterocycles. The highest BCUT2D eigenvalue weighted by atomic mass is 35.5. The lowest BCUT2D eigenvalue weighted by molar-refractivity contribution is 0.111. The Hall–Kier alpha value is -2.14. The van der Waals surface area contributed by atoms with E-state index in [4.69, 9.17) is 28.3 Å². The van der Waals surface area contributed by atoms with Crippen molar-refractivity contribution < 1.29 is 9.90 Å². The maximum atomic E-state index is 11.4.